The first-order chi connectivity index (χ1) is 23.0. The molecule has 0 saturated carbocycles. The van der Waals surface area contributed by atoms with E-state index < -0.39 is 23.0 Å². The van der Waals surface area contributed by atoms with Crippen molar-refractivity contribution >= 4 is 52.9 Å². The van der Waals surface area contributed by atoms with Crippen LogP contribution in [0.1, 0.15) is 38.8 Å². The zero-order valence-corrected chi connectivity index (χ0v) is 27.8. The smallest absolute Gasteiger partial charge is 0.335 e. The monoisotopic (exact) mass is 669 g/mol. The molecule has 3 amide bonds. The van der Waals surface area contributed by atoms with Crippen LogP contribution in [0.5, 0.6) is 17.2 Å². The number of carboxylic acids is 1. The van der Waals surface area contributed by atoms with Crippen LogP contribution in [0, 0.1) is 6.92 Å². The summed E-state index contributed by atoms with van der Waals surface area (Å²) < 4.78 is 16.3. The number of thioether (sulfide) groups is 1. The molecular formula is C36H35N3O8S. The summed E-state index contributed by atoms with van der Waals surface area (Å²) in [7, 11) is 4.44. The maximum Gasteiger partial charge on any atom is 0.335 e. The number of anilines is 2. The predicted molar refractivity (Wildman–Crippen MR) is 185 cm³/mol. The normalized spacial score (nSPS) is 11.6. The Labute approximate surface area is 282 Å². The second-order valence-electron chi connectivity index (χ2n) is 10.4. The molecule has 4 aromatic rings. The van der Waals surface area contributed by atoms with Gasteiger partial charge in [-0.15, -0.1) is 11.8 Å². The van der Waals surface area contributed by atoms with Gasteiger partial charge in [0.05, 0.1) is 32.1 Å². The summed E-state index contributed by atoms with van der Waals surface area (Å²) in [5, 5.41) is 17.1. The lowest BCUT2D eigenvalue weighted by atomic mass is 10.1. The fourth-order valence-corrected chi connectivity index (χ4v) is 5.36. The van der Waals surface area contributed by atoms with Gasteiger partial charge in [-0.1, -0.05) is 24.3 Å². The standard InChI is InChI=1S/C36H35N3O8S/c1-21-11-12-25(36(43)44)20-28(21)38-33(40)22(2)48-27-15-13-26(14-16-27)37-35(42)29(39-34(41)24-9-7-6-8-10-24)17-23-18-30(45-3)32(47-5)31(19-23)46-4/h6-20,22H,1-5H3,(H,37,42)(H,38,40)(H,39,41)(H,43,44)/b29-17-. The SMILES string of the molecule is COc1cc(/C=C(\NC(=O)c2ccccc2)C(=O)Nc2ccc(SC(C)C(=O)Nc3cc(C(=O)O)ccc3C)cc2)cc(OC)c1OC. The van der Waals surface area contributed by atoms with Gasteiger partial charge in [-0.2, -0.15) is 0 Å². The van der Waals surface area contributed by atoms with Crippen molar-refractivity contribution in [1.82, 2.24) is 5.32 Å². The Hall–Kier alpha value is -5.75. The van der Waals surface area contributed by atoms with Crippen LogP contribution in [0.2, 0.25) is 0 Å². The van der Waals surface area contributed by atoms with E-state index in [9.17, 15) is 24.3 Å². The van der Waals surface area contributed by atoms with Crippen molar-refractivity contribution in [3.05, 3.63) is 113 Å². The van der Waals surface area contributed by atoms with Crippen molar-refractivity contribution in [3.63, 3.8) is 0 Å². The molecule has 0 spiro atoms. The second-order valence-corrected chi connectivity index (χ2v) is 11.8. The van der Waals surface area contributed by atoms with Crippen molar-refractivity contribution in [3.8, 4) is 17.2 Å². The Morgan fingerprint density at radius 2 is 1.44 bits per heavy atom. The minimum Gasteiger partial charge on any atom is -0.493 e. The average molecular weight is 670 g/mol. The number of methoxy groups -OCH3 is 3. The molecule has 1 unspecified atom stereocenters. The third-order valence-corrected chi connectivity index (χ3v) is 8.18. The Kier molecular flexibility index (Phi) is 11.8. The maximum absolute atomic E-state index is 13.6. The van der Waals surface area contributed by atoms with Crippen LogP contribution >= 0.6 is 11.8 Å². The molecule has 48 heavy (non-hydrogen) atoms. The van der Waals surface area contributed by atoms with E-state index in [1.165, 1.54) is 51.3 Å². The van der Waals surface area contributed by atoms with Crippen LogP contribution in [0.4, 0.5) is 11.4 Å². The molecule has 4 rings (SSSR count). The number of aromatic carboxylic acids is 1. The van der Waals surface area contributed by atoms with Crippen LogP contribution in [-0.4, -0.2) is 55.4 Å². The highest BCUT2D eigenvalue weighted by atomic mass is 32.2. The zero-order valence-electron chi connectivity index (χ0n) is 27.0. The largest absolute Gasteiger partial charge is 0.493 e. The Bertz CT molecular complexity index is 1820. The van der Waals surface area contributed by atoms with E-state index in [0.717, 1.165) is 10.5 Å². The molecular weight excluding hydrogens is 634 g/mol. The third kappa shape index (κ3) is 8.95. The number of amides is 3. The van der Waals surface area contributed by atoms with Crippen LogP contribution in [-0.2, 0) is 9.59 Å². The summed E-state index contributed by atoms with van der Waals surface area (Å²) >= 11 is 1.30. The van der Waals surface area contributed by atoms with Crippen LogP contribution in [0.3, 0.4) is 0 Å². The first-order valence-electron chi connectivity index (χ1n) is 14.6. The summed E-state index contributed by atoms with van der Waals surface area (Å²) in [6.07, 6.45) is 1.50. The van der Waals surface area contributed by atoms with Crippen LogP contribution in [0.25, 0.3) is 6.08 Å². The summed E-state index contributed by atoms with van der Waals surface area (Å²) in [6.45, 7) is 3.52. The van der Waals surface area contributed by atoms with E-state index in [1.54, 1.807) is 86.6 Å². The summed E-state index contributed by atoms with van der Waals surface area (Å²) in [6, 6.07) is 23.2. The lowest BCUT2D eigenvalue weighted by Crippen LogP contribution is -2.30. The van der Waals surface area contributed by atoms with Gasteiger partial charge in [0.1, 0.15) is 5.70 Å². The van der Waals surface area contributed by atoms with Gasteiger partial charge in [0, 0.05) is 21.8 Å². The fourth-order valence-electron chi connectivity index (χ4n) is 4.49. The molecule has 0 aromatic heterocycles. The molecule has 11 nitrogen and oxygen atoms in total. The van der Waals surface area contributed by atoms with Gasteiger partial charge in [-0.05, 0) is 91.7 Å². The lowest BCUT2D eigenvalue weighted by molar-refractivity contribution is -0.115. The molecule has 0 bridgehead atoms. The van der Waals surface area contributed by atoms with Crippen molar-refractivity contribution in [2.45, 2.75) is 24.0 Å². The zero-order chi connectivity index (χ0) is 34.8. The van der Waals surface area contributed by atoms with Gasteiger partial charge in [-0.25, -0.2) is 4.79 Å². The molecule has 0 aliphatic heterocycles. The number of aryl methyl sites for hydroxylation is 1. The average Bonchev–Trinajstić information content (AvgIpc) is 3.09. The molecule has 248 valence electrons. The highest BCUT2D eigenvalue weighted by molar-refractivity contribution is 8.00. The highest BCUT2D eigenvalue weighted by Crippen LogP contribution is 2.38. The van der Waals surface area contributed by atoms with Gasteiger partial charge in [0.25, 0.3) is 11.8 Å². The molecule has 4 N–H and O–H groups in total. The maximum atomic E-state index is 13.6. The number of hydrogen-bond donors (Lipinski definition) is 4. The first-order valence-corrected chi connectivity index (χ1v) is 15.5. The summed E-state index contributed by atoms with van der Waals surface area (Å²) in [4.78, 5) is 51.6. The molecule has 0 fully saturated rings. The molecule has 0 heterocycles. The molecule has 0 aliphatic carbocycles. The molecule has 1 atom stereocenters. The quantitative estimate of drug-likeness (QED) is 0.0957. The van der Waals surface area contributed by atoms with E-state index in [1.807, 2.05) is 0 Å². The van der Waals surface area contributed by atoms with Gasteiger partial charge in [0.2, 0.25) is 11.7 Å². The molecule has 12 heteroatoms. The van der Waals surface area contributed by atoms with Crippen molar-refractivity contribution in [2.24, 2.45) is 0 Å². The number of carbonyl (C=O) groups is 4. The van der Waals surface area contributed by atoms with Crippen molar-refractivity contribution in [1.29, 1.82) is 0 Å². The van der Waals surface area contributed by atoms with Gasteiger partial charge >= 0.3 is 5.97 Å². The van der Waals surface area contributed by atoms with Crippen molar-refractivity contribution in [2.75, 3.05) is 32.0 Å². The lowest BCUT2D eigenvalue weighted by Gasteiger charge is -2.15. The number of benzene rings is 4. The predicted octanol–water partition coefficient (Wildman–Crippen LogP) is 6.25. The van der Waals surface area contributed by atoms with Gasteiger partial charge in [-0.3, -0.25) is 14.4 Å². The Morgan fingerprint density at radius 3 is 2.02 bits per heavy atom. The van der Waals surface area contributed by atoms with Crippen LogP contribution < -0.4 is 30.2 Å². The fraction of sp³-hybridized carbons (Fsp3) is 0.167. The van der Waals surface area contributed by atoms with E-state index in [0.29, 0.717) is 39.8 Å². The van der Waals surface area contributed by atoms with Gasteiger partial charge in [0.15, 0.2) is 11.5 Å². The Morgan fingerprint density at radius 1 is 0.792 bits per heavy atom. The number of carboxylic acid groups (broad SMARTS) is 1. The minimum atomic E-state index is -1.08. The number of ether oxygens (including phenoxy) is 3. The third-order valence-electron chi connectivity index (χ3n) is 7.06. The molecule has 4 aromatic carbocycles. The van der Waals surface area contributed by atoms with E-state index >= 15 is 0 Å². The molecule has 0 radical (unpaired) electrons. The highest BCUT2D eigenvalue weighted by Gasteiger charge is 2.19. The Balaban J connectivity index is 1.51. The molecule has 0 saturated heterocycles. The van der Waals surface area contributed by atoms with E-state index in [2.05, 4.69) is 16.0 Å². The topological polar surface area (TPSA) is 152 Å². The minimum absolute atomic E-state index is 0.0378. The van der Waals surface area contributed by atoms with Gasteiger partial charge < -0.3 is 35.3 Å². The van der Waals surface area contributed by atoms with E-state index in [4.69, 9.17) is 14.2 Å². The number of rotatable bonds is 13. The summed E-state index contributed by atoms with van der Waals surface area (Å²) in [5.74, 6) is -1.31. The second kappa shape index (κ2) is 16.2. The first kappa shape index (κ1) is 35.1. The number of nitrogens with one attached hydrogen (secondary N) is 3. The van der Waals surface area contributed by atoms with E-state index in [-0.39, 0.29) is 17.2 Å². The number of carbonyl (C=O) groups excluding carboxylic acids is 3. The molecule has 0 aliphatic rings. The van der Waals surface area contributed by atoms with Crippen molar-refractivity contribution < 1.29 is 38.5 Å². The van der Waals surface area contributed by atoms with Crippen LogP contribution in [0.15, 0.2) is 95.5 Å². The number of hydrogen-bond acceptors (Lipinski definition) is 8. The summed E-state index contributed by atoms with van der Waals surface area (Å²) in [5.41, 5.74) is 2.54.